The van der Waals surface area contributed by atoms with Crippen molar-refractivity contribution in [1.82, 2.24) is 14.8 Å². The van der Waals surface area contributed by atoms with E-state index in [9.17, 15) is 4.79 Å². The number of esters is 1. The minimum atomic E-state index is -0.148. The number of carbonyl (C=O) groups is 1. The Morgan fingerprint density at radius 1 is 1.29 bits per heavy atom. The molecule has 216 valence electrons. The number of hydrazine groups is 1. The number of piperazine rings is 1. The van der Waals surface area contributed by atoms with Crippen LogP contribution < -0.4 is 11.7 Å². The lowest BCUT2D eigenvalue weighted by Gasteiger charge is -2.32. The van der Waals surface area contributed by atoms with Gasteiger partial charge in [-0.1, -0.05) is 37.6 Å². The molecule has 2 fully saturated rings. The largest absolute Gasteiger partial charge is 0.457 e. The molecule has 0 saturated carbocycles. The number of cyclic esters (lactones) is 1. The van der Waals surface area contributed by atoms with Crippen LogP contribution in [0, 0.1) is 5.92 Å². The smallest absolute Gasteiger partial charge is 0.338 e. The maximum atomic E-state index is 11.7. The Labute approximate surface area is 230 Å². The lowest BCUT2D eigenvalue weighted by atomic mass is 9.99. The third-order valence-electron chi connectivity index (χ3n) is 7.04. The SMILES string of the molecule is C=CC(C/C=C(\CC)N(N)C/C=N\N)CCO.CC/C=C1/C(=O)OC/C1=C(\C)CCCN1CCN(C)CC1. The first-order valence-electron chi connectivity index (χ1n) is 13.9. The zero-order valence-corrected chi connectivity index (χ0v) is 24.2. The van der Waals surface area contributed by atoms with Gasteiger partial charge in [0.15, 0.2) is 0 Å². The molecule has 9 heteroatoms. The molecule has 0 aromatic heterocycles. The first-order chi connectivity index (χ1) is 18.3. The molecule has 2 aliphatic rings. The maximum Gasteiger partial charge on any atom is 0.338 e. The molecule has 9 nitrogen and oxygen atoms in total. The number of allylic oxidation sites excluding steroid dienone is 5. The van der Waals surface area contributed by atoms with Gasteiger partial charge in [-0.3, -0.25) is 0 Å². The number of aliphatic hydroxyl groups excluding tert-OH is 1. The molecule has 2 aliphatic heterocycles. The molecular formula is C29H52N6O3. The first-order valence-corrected chi connectivity index (χ1v) is 13.9. The summed E-state index contributed by atoms with van der Waals surface area (Å²) in [5.41, 5.74) is 4.28. The Bertz CT molecular complexity index is 828. The number of nitrogens with two attached hydrogens (primary N) is 2. The van der Waals surface area contributed by atoms with Crippen LogP contribution in [-0.4, -0.2) is 91.6 Å². The fourth-order valence-corrected chi connectivity index (χ4v) is 4.47. The van der Waals surface area contributed by atoms with E-state index in [2.05, 4.69) is 48.5 Å². The monoisotopic (exact) mass is 532 g/mol. The minimum Gasteiger partial charge on any atom is -0.457 e. The number of hydrazone groups is 1. The number of likely N-dealkylation sites (N-methyl/N-ethyl adjacent to an activating group) is 1. The Hall–Kier alpha value is -2.46. The van der Waals surface area contributed by atoms with Gasteiger partial charge in [0.05, 0.1) is 12.1 Å². The summed E-state index contributed by atoms with van der Waals surface area (Å²) in [6.45, 7) is 17.0. The van der Waals surface area contributed by atoms with Gasteiger partial charge in [0.25, 0.3) is 0 Å². The van der Waals surface area contributed by atoms with Crippen molar-refractivity contribution in [2.45, 2.75) is 59.3 Å². The fraction of sp³-hybridized carbons (Fsp3) is 0.655. The molecule has 2 saturated heterocycles. The maximum absolute atomic E-state index is 11.7. The summed E-state index contributed by atoms with van der Waals surface area (Å²) < 4.78 is 5.18. The summed E-state index contributed by atoms with van der Waals surface area (Å²) in [5, 5.41) is 13.9. The van der Waals surface area contributed by atoms with E-state index in [-0.39, 0.29) is 18.5 Å². The lowest BCUT2D eigenvalue weighted by molar-refractivity contribution is -0.135. The number of rotatable bonds is 14. The van der Waals surface area contributed by atoms with Gasteiger partial charge in [-0.25, -0.2) is 10.6 Å². The van der Waals surface area contributed by atoms with Gasteiger partial charge in [0.1, 0.15) is 6.61 Å². The average Bonchev–Trinajstić information content (AvgIpc) is 3.28. The van der Waals surface area contributed by atoms with Crippen LogP contribution in [0.1, 0.15) is 59.3 Å². The van der Waals surface area contributed by atoms with Crippen LogP contribution in [0.15, 0.2) is 52.3 Å². The van der Waals surface area contributed by atoms with Gasteiger partial charge in [-0.15, -0.1) is 6.58 Å². The van der Waals surface area contributed by atoms with Crippen molar-refractivity contribution in [2.24, 2.45) is 22.7 Å². The van der Waals surface area contributed by atoms with Crippen LogP contribution >= 0.6 is 0 Å². The van der Waals surface area contributed by atoms with Crippen LogP contribution in [0.2, 0.25) is 0 Å². The second kappa shape index (κ2) is 19.6. The molecule has 0 aromatic carbocycles. The van der Waals surface area contributed by atoms with Crippen LogP contribution in [-0.2, 0) is 9.53 Å². The molecule has 0 spiro atoms. The normalized spacial score (nSPS) is 20.3. The van der Waals surface area contributed by atoms with E-state index in [1.54, 1.807) is 11.2 Å². The fourth-order valence-electron chi connectivity index (χ4n) is 4.47. The standard InChI is InChI=1S/C17H28N2O2.C12H24N4O/c1-4-6-15-16(13-21-17(15)20)14(2)7-5-8-19-11-9-18(3)10-12-19;1-3-11(7-10-17)5-6-12(4-2)16(14)9-8-15-13/h6H,4-5,7-13H2,1-3H3;3,6,8,11,17H,1,4-5,7,9-10,13-14H2,2H3/b15-6+,16-14-;12-6+,15-8-. The Morgan fingerprint density at radius 3 is 2.58 bits per heavy atom. The summed E-state index contributed by atoms with van der Waals surface area (Å²) in [5.74, 6) is 11.0. The zero-order valence-electron chi connectivity index (χ0n) is 24.2. The third-order valence-corrected chi connectivity index (χ3v) is 7.04. The van der Waals surface area contributed by atoms with Crippen LogP contribution in [0.4, 0.5) is 0 Å². The van der Waals surface area contributed by atoms with Crippen molar-refractivity contribution in [3.05, 3.63) is 47.2 Å². The topological polar surface area (TPSA) is 121 Å². The van der Waals surface area contributed by atoms with E-state index in [0.29, 0.717) is 13.2 Å². The van der Waals surface area contributed by atoms with Crippen molar-refractivity contribution in [3.63, 3.8) is 0 Å². The number of hydrogen-bond donors (Lipinski definition) is 3. The summed E-state index contributed by atoms with van der Waals surface area (Å²) >= 11 is 0. The van der Waals surface area contributed by atoms with Crippen molar-refractivity contribution in [2.75, 3.05) is 59.5 Å². The van der Waals surface area contributed by atoms with Gasteiger partial charge in [-0.2, -0.15) is 5.10 Å². The number of carbonyl (C=O) groups excluding carboxylic acids is 1. The molecule has 1 atom stereocenters. The van der Waals surface area contributed by atoms with E-state index in [4.69, 9.17) is 21.5 Å². The summed E-state index contributed by atoms with van der Waals surface area (Å²) in [7, 11) is 2.19. The Kier molecular flexibility index (Phi) is 17.3. The summed E-state index contributed by atoms with van der Waals surface area (Å²) in [6, 6.07) is 0. The zero-order chi connectivity index (χ0) is 28.3. The van der Waals surface area contributed by atoms with Gasteiger partial charge >= 0.3 is 5.97 Å². The Balaban J connectivity index is 0.000000391. The molecular weight excluding hydrogens is 480 g/mol. The Morgan fingerprint density at radius 2 is 2.00 bits per heavy atom. The summed E-state index contributed by atoms with van der Waals surface area (Å²) in [4.78, 5) is 16.6. The van der Waals surface area contributed by atoms with Crippen molar-refractivity contribution < 1.29 is 14.6 Å². The van der Waals surface area contributed by atoms with Crippen molar-refractivity contribution >= 4 is 12.2 Å². The first kappa shape index (κ1) is 33.6. The van der Waals surface area contributed by atoms with Crippen LogP contribution in [0.25, 0.3) is 0 Å². The summed E-state index contributed by atoms with van der Waals surface area (Å²) in [6.07, 6.45) is 13.0. The quantitative estimate of drug-likeness (QED) is 0.0779. The number of nitrogens with zero attached hydrogens (tertiary/aromatic N) is 4. The van der Waals surface area contributed by atoms with Crippen LogP contribution in [0.3, 0.4) is 0 Å². The van der Waals surface area contributed by atoms with Crippen LogP contribution in [0.5, 0.6) is 0 Å². The second-order valence-corrected chi connectivity index (χ2v) is 9.89. The van der Waals surface area contributed by atoms with Crippen molar-refractivity contribution in [3.8, 4) is 0 Å². The number of ether oxygens (including phenoxy) is 1. The van der Waals surface area contributed by atoms with E-state index < -0.39 is 0 Å². The third kappa shape index (κ3) is 12.4. The van der Waals surface area contributed by atoms with Gasteiger partial charge in [-0.05, 0) is 65.0 Å². The highest BCUT2D eigenvalue weighted by Gasteiger charge is 2.25. The lowest BCUT2D eigenvalue weighted by Crippen LogP contribution is -2.44. The molecule has 2 rings (SSSR count). The molecule has 5 N–H and O–H groups in total. The highest BCUT2D eigenvalue weighted by Crippen LogP contribution is 2.26. The second-order valence-electron chi connectivity index (χ2n) is 9.89. The van der Waals surface area contributed by atoms with Gasteiger partial charge in [0.2, 0.25) is 0 Å². The highest BCUT2D eigenvalue weighted by molar-refractivity contribution is 5.96. The van der Waals surface area contributed by atoms with Gasteiger partial charge in [0, 0.05) is 50.3 Å². The molecule has 0 radical (unpaired) electrons. The average molecular weight is 533 g/mol. The highest BCUT2D eigenvalue weighted by atomic mass is 16.5. The van der Waals surface area contributed by atoms with E-state index in [0.717, 1.165) is 61.9 Å². The predicted molar refractivity (Wildman–Crippen MR) is 157 cm³/mol. The van der Waals surface area contributed by atoms with Crippen molar-refractivity contribution in [1.29, 1.82) is 0 Å². The number of aliphatic hydroxyl groups is 1. The molecule has 0 aliphatic carbocycles. The van der Waals surface area contributed by atoms with E-state index >= 15 is 0 Å². The molecule has 0 bridgehead atoms. The molecule has 0 amide bonds. The van der Waals surface area contributed by atoms with Gasteiger partial charge < -0.3 is 30.5 Å². The predicted octanol–water partition coefficient (Wildman–Crippen LogP) is 3.20. The molecule has 0 aromatic rings. The minimum absolute atomic E-state index is 0.148. The molecule has 2 heterocycles. The number of hydrogen-bond acceptors (Lipinski definition) is 9. The van der Waals surface area contributed by atoms with E-state index in [1.165, 1.54) is 31.8 Å². The molecule has 38 heavy (non-hydrogen) atoms. The van der Waals surface area contributed by atoms with E-state index in [1.807, 2.05) is 19.1 Å². The molecule has 1 unspecified atom stereocenters.